The Hall–Kier alpha value is -4.30. The SMILES string of the molecule is C=C/C(=C\C(=C/C)c1ccc2[nH]nc(-c3nc4c(-c5ccc(C)s5)nccc4[nH]3)c2n1)NC(=C)C1CC1. The lowest BCUT2D eigenvalue weighted by molar-refractivity contribution is 0.865. The molecular weight excluding hydrogens is 478 g/mol. The van der Waals surface area contributed by atoms with E-state index in [-0.39, 0.29) is 0 Å². The van der Waals surface area contributed by atoms with Crippen molar-refractivity contribution in [3.05, 3.63) is 89.9 Å². The molecule has 0 aromatic carbocycles. The van der Waals surface area contributed by atoms with Gasteiger partial charge in [-0.15, -0.1) is 11.3 Å². The van der Waals surface area contributed by atoms with Gasteiger partial charge in [0.2, 0.25) is 0 Å². The van der Waals surface area contributed by atoms with Gasteiger partial charge in [0.05, 0.1) is 21.6 Å². The second-order valence-corrected chi connectivity index (χ2v) is 10.5. The molecular formula is C29H27N7S. The minimum Gasteiger partial charge on any atom is -0.359 e. The summed E-state index contributed by atoms with van der Waals surface area (Å²) in [6.07, 6.45) is 10.1. The van der Waals surface area contributed by atoms with E-state index in [0.717, 1.165) is 55.3 Å². The molecule has 0 aliphatic heterocycles. The van der Waals surface area contributed by atoms with Crippen molar-refractivity contribution >= 4 is 39.0 Å². The first-order valence-electron chi connectivity index (χ1n) is 12.3. The summed E-state index contributed by atoms with van der Waals surface area (Å²) >= 11 is 1.71. The molecule has 8 heteroatoms. The van der Waals surface area contributed by atoms with Crippen molar-refractivity contribution in [3.8, 4) is 22.1 Å². The van der Waals surface area contributed by atoms with Crippen LogP contribution in [0.2, 0.25) is 0 Å². The number of rotatable bonds is 8. The molecule has 1 aliphatic rings. The van der Waals surface area contributed by atoms with Gasteiger partial charge < -0.3 is 10.3 Å². The van der Waals surface area contributed by atoms with Crippen molar-refractivity contribution in [2.45, 2.75) is 26.7 Å². The number of hydrogen-bond donors (Lipinski definition) is 3. The minimum atomic E-state index is 0.559. The van der Waals surface area contributed by atoms with E-state index in [9.17, 15) is 0 Å². The molecule has 0 bridgehead atoms. The normalized spacial score (nSPS) is 14.4. The number of allylic oxidation sites excluding steroid dienone is 5. The summed E-state index contributed by atoms with van der Waals surface area (Å²) in [7, 11) is 0. The second kappa shape index (κ2) is 9.29. The first kappa shape index (κ1) is 23.1. The van der Waals surface area contributed by atoms with Gasteiger partial charge in [0.1, 0.15) is 16.7 Å². The minimum absolute atomic E-state index is 0.559. The average Bonchev–Trinajstić information content (AvgIpc) is 3.32. The Balaban J connectivity index is 1.39. The smallest absolute Gasteiger partial charge is 0.161 e. The number of fused-ring (bicyclic) bond motifs is 2. The van der Waals surface area contributed by atoms with Gasteiger partial charge in [-0.25, -0.2) is 9.97 Å². The molecule has 6 rings (SSSR count). The quantitative estimate of drug-likeness (QED) is 0.199. The van der Waals surface area contributed by atoms with Crippen LogP contribution in [0.1, 0.15) is 30.3 Å². The lowest BCUT2D eigenvalue weighted by Gasteiger charge is -2.11. The largest absolute Gasteiger partial charge is 0.359 e. The van der Waals surface area contributed by atoms with E-state index in [1.807, 2.05) is 43.5 Å². The number of pyridine rings is 2. The number of nitrogens with zero attached hydrogens (tertiary/aromatic N) is 4. The highest BCUT2D eigenvalue weighted by Gasteiger charge is 2.24. The van der Waals surface area contributed by atoms with Gasteiger partial charge in [-0.05, 0) is 80.7 Å². The molecule has 1 saturated carbocycles. The molecule has 0 atom stereocenters. The van der Waals surface area contributed by atoms with E-state index in [4.69, 9.17) is 9.97 Å². The van der Waals surface area contributed by atoms with Crippen molar-refractivity contribution in [1.82, 2.24) is 35.5 Å². The van der Waals surface area contributed by atoms with Crippen LogP contribution in [0, 0.1) is 12.8 Å². The fourth-order valence-electron chi connectivity index (χ4n) is 4.35. The van der Waals surface area contributed by atoms with Gasteiger partial charge in [0.15, 0.2) is 11.5 Å². The van der Waals surface area contributed by atoms with Gasteiger partial charge in [-0.3, -0.25) is 10.1 Å². The van der Waals surface area contributed by atoms with Crippen LogP contribution in [0.15, 0.2) is 79.3 Å². The van der Waals surface area contributed by atoms with Crippen LogP contribution in [0.5, 0.6) is 0 Å². The molecule has 184 valence electrons. The van der Waals surface area contributed by atoms with Gasteiger partial charge in [0, 0.05) is 22.5 Å². The Kier molecular flexibility index (Phi) is 5.81. The van der Waals surface area contributed by atoms with Crippen molar-refractivity contribution in [2.75, 3.05) is 0 Å². The first-order chi connectivity index (χ1) is 18.0. The Bertz CT molecular complexity index is 1730. The van der Waals surface area contributed by atoms with Gasteiger partial charge in [-0.2, -0.15) is 5.10 Å². The van der Waals surface area contributed by atoms with Crippen molar-refractivity contribution in [1.29, 1.82) is 0 Å². The van der Waals surface area contributed by atoms with E-state index < -0.39 is 0 Å². The zero-order valence-electron chi connectivity index (χ0n) is 20.8. The third kappa shape index (κ3) is 4.40. The number of aryl methyl sites for hydroxylation is 1. The number of aromatic nitrogens is 6. The molecule has 5 heterocycles. The average molecular weight is 506 g/mol. The van der Waals surface area contributed by atoms with Crippen molar-refractivity contribution in [3.63, 3.8) is 0 Å². The first-order valence-corrected chi connectivity index (χ1v) is 13.1. The molecule has 0 radical (unpaired) electrons. The zero-order chi connectivity index (χ0) is 25.5. The van der Waals surface area contributed by atoms with E-state index in [2.05, 4.69) is 63.8 Å². The maximum absolute atomic E-state index is 4.99. The molecule has 5 aromatic heterocycles. The maximum atomic E-state index is 4.99. The molecule has 1 fully saturated rings. The van der Waals surface area contributed by atoms with Crippen molar-refractivity contribution in [2.24, 2.45) is 5.92 Å². The van der Waals surface area contributed by atoms with Gasteiger partial charge in [0.25, 0.3) is 0 Å². The topological polar surface area (TPSA) is 95.2 Å². The number of H-pyrrole nitrogens is 2. The number of imidazole rings is 1. The summed E-state index contributed by atoms with van der Waals surface area (Å²) < 4.78 is 0. The fraction of sp³-hybridized carbons (Fsp3) is 0.172. The Morgan fingerprint density at radius 3 is 2.65 bits per heavy atom. The summed E-state index contributed by atoms with van der Waals surface area (Å²) in [6, 6.07) is 10.1. The number of nitrogens with one attached hydrogen (secondary N) is 3. The van der Waals surface area contributed by atoms with Crippen LogP contribution >= 0.6 is 11.3 Å². The molecule has 0 spiro atoms. The Morgan fingerprint density at radius 1 is 1.08 bits per heavy atom. The molecule has 3 N–H and O–H groups in total. The molecule has 37 heavy (non-hydrogen) atoms. The summed E-state index contributed by atoms with van der Waals surface area (Å²) in [6.45, 7) is 12.2. The number of hydrogen-bond acceptors (Lipinski definition) is 6. The molecule has 0 saturated heterocycles. The van der Waals surface area contributed by atoms with Crippen LogP contribution < -0.4 is 5.32 Å². The summed E-state index contributed by atoms with van der Waals surface area (Å²) in [5.74, 6) is 1.21. The summed E-state index contributed by atoms with van der Waals surface area (Å²) in [4.78, 5) is 20.3. The molecule has 1 aliphatic carbocycles. The molecule has 5 aromatic rings. The monoisotopic (exact) mass is 505 g/mol. The number of aromatic amines is 2. The van der Waals surface area contributed by atoms with Gasteiger partial charge in [-0.1, -0.05) is 19.2 Å². The Morgan fingerprint density at radius 2 is 1.92 bits per heavy atom. The Labute approximate surface area is 218 Å². The highest BCUT2D eigenvalue weighted by Crippen LogP contribution is 2.35. The maximum Gasteiger partial charge on any atom is 0.161 e. The van der Waals surface area contributed by atoms with Crippen LogP contribution in [0.25, 0.3) is 49.7 Å². The lowest BCUT2D eigenvalue weighted by atomic mass is 10.1. The molecule has 0 unspecified atom stereocenters. The predicted molar refractivity (Wildman–Crippen MR) is 152 cm³/mol. The standard InChI is InChI=1S/C29H27N7S/c1-5-18(15-20(6-2)31-17(4)19-8-9-19)21-10-11-23-26(32-21)28(36-35-23)29-33-22-13-14-30-27(25(22)34-29)24-12-7-16(3)37-24/h5-7,10-15,19,31H,2,4,8-9H2,1,3H3,(H,33,34)(H,35,36)/b18-5+,20-15+. The van der Waals surface area contributed by atoms with Crippen LogP contribution in [-0.2, 0) is 0 Å². The second-order valence-electron chi connectivity index (χ2n) is 9.19. The van der Waals surface area contributed by atoms with E-state index in [0.29, 0.717) is 17.4 Å². The lowest BCUT2D eigenvalue weighted by Crippen LogP contribution is -2.11. The van der Waals surface area contributed by atoms with E-state index >= 15 is 0 Å². The third-order valence-corrected chi connectivity index (χ3v) is 7.53. The molecule has 0 amide bonds. The van der Waals surface area contributed by atoms with E-state index in [1.54, 1.807) is 11.3 Å². The van der Waals surface area contributed by atoms with Crippen LogP contribution in [0.3, 0.4) is 0 Å². The summed E-state index contributed by atoms with van der Waals surface area (Å²) in [5.41, 5.74) is 8.62. The zero-order valence-corrected chi connectivity index (χ0v) is 21.6. The third-order valence-electron chi connectivity index (χ3n) is 6.52. The predicted octanol–water partition coefficient (Wildman–Crippen LogP) is 6.92. The highest BCUT2D eigenvalue weighted by molar-refractivity contribution is 7.15. The highest BCUT2D eigenvalue weighted by atomic mass is 32.1. The van der Waals surface area contributed by atoms with Crippen LogP contribution in [0.4, 0.5) is 0 Å². The van der Waals surface area contributed by atoms with Crippen molar-refractivity contribution < 1.29 is 0 Å². The molecule has 7 nitrogen and oxygen atoms in total. The van der Waals surface area contributed by atoms with Crippen LogP contribution in [-0.4, -0.2) is 30.1 Å². The summed E-state index contributed by atoms with van der Waals surface area (Å²) in [5, 5.41) is 11.1. The van der Waals surface area contributed by atoms with Gasteiger partial charge >= 0.3 is 0 Å². The number of thiophene rings is 1. The fourth-order valence-corrected chi connectivity index (χ4v) is 5.22. The van der Waals surface area contributed by atoms with E-state index in [1.165, 1.54) is 17.7 Å².